The lowest BCUT2D eigenvalue weighted by Gasteiger charge is -2.16. The fourth-order valence-corrected chi connectivity index (χ4v) is 1.49. The lowest BCUT2D eigenvalue weighted by Crippen LogP contribution is -2.32. The van der Waals surface area contributed by atoms with Gasteiger partial charge in [-0.05, 0) is 13.8 Å². The van der Waals surface area contributed by atoms with Crippen molar-refractivity contribution in [2.75, 3.05) is 26.9 Å². The highest BCUT2D eigenvalue weighted by Gasteiger charge is 2.08. The summed E-state index contributed by atoms with van der Waals surface area (Å²) in [7, 11) is 1.62. The summed E-state index contributed by atoms with van der Waals surface area (Å²) in [5.41, 5.74) is 0.827. The Kier molecular flexibility index (Phi) is 6.89. The molecule has 0 bridgehead atoms. The van der Waals surface area contributed by atoms with Crippen LogP contribution in [0.4, 0.5) is 0 Å². The van der Waals surface area contributed by atoms with Crippen LogP contribution in [0.2, 0.25) is 0 Å². The number of rotatable bonds is 9. The summed E-state index contributed by atoms with van der Waals surface area (Å²) in [6.07, 6.45) is -0.555. The number of nitrogens with one attached hydrogen (secondary N) is 1. The predicted octanol–water partition coefficient (Wildman–Crippen LogP) is 0.485. The first-order valence-corrected chi connectivity index (χ1v) is 6.03. The molecular formula is C12H22N2O4. The smallest absolute Gasteiger partial charge is 0.133 e. The highest BCUT2D eigenvalue weighted by molar-refractivity contribution is 5.02. The number of hydrogen-bond acceptors (Lipinski definition) is 6. The van der Waals surface area contributed by atoms with Crippen molar-refractivity contribution in [1.82, 2.24) is 10.5 Å². The minimum atomic E-state index is -0.544. The van der Waals surface area contributed by atoms with E-state index in [-0.39, 0.29) is 12.7 Å². The van der Waals surface area contributed by atoms with Crippen LogP contribution in [-0.2, 0) is 16.0 Å². The fraction of sp³-hybridized carbons (Fsp3) is 0.750. The molecule has 1 aromatic rings. The summed E-state index contributed by atoms with van der Waals surface area (Å²) in [5, 5.41) is 16.6. The zero-order chi connectivity index (χ0) is 13.4. The molecule has 1 heterocycles. The molecule has 0 radical (unpaired) electrons. The maximum Gasteiger partial charge on any atom is 0.133 e. The number of ether oxygens (including phenoxy) is 2. The number of aryl methyl sites for hydroxylation is 1. The molecule has 18 heavy (non-hydrogen) atoms. The number of nitrogens with zero attached hydrogens (tertiary/aromatic N) is 1. The minimum absolute atomic E-state index is 0.0113. The van der Waals surface area contributed by atoms with Gasteiger partial charge in [-0.15, -0.1) is 0 Å². The van der Waals surface area contributed by atoms with E-state index in [4.69, 9.17) is 14.0 Å². The Labute approximate surface area is 107 Å². The van der Waals surface area contributed by atoms with Gasteiger partial charge in [0.05, 0.1) is 31.1 Å². The first kappa shape index (κ1) is 15.1. The molecule has 6 heteroatoms. The molecule has 0 saturated heterocycles. The van der Waals surface area contributed by atoms with Gasteiger partial charge in [0.15, 0.2) is 0 Å². The molecule has 0 aliphatic heterocycles. The van der Waals surface area contributed by atoms with E-state index >= 15 is 0 Å². The van der Waals surface area contributed by atoms with E-state index < -0.39 is 6.10 Å². The lowest BCUT2D eigenvalue weighted by molar-refractivity contribution is -0.0311. The molecule has 0 spiro atoms. The average molecular weight is 258 g/mol. The number of aliphatic hydroxyl groups excluding tert-OH is 1. The van der Waals surface area contributed by atoms with Gasteiger partial charge in [0.1, 0.15) is 5.76 Å². The monoisotopic (exact) mass is 258 g/mol. The summed E-state index contributed by atoms with van der Waals surface area (Å²) in [5.74, 6) is 0.782. The summed E-state index contributed by atoms with van der Waals surface area (Å²) in [6, 6.07) is 1.86. The van der Waals surface area contributed by atoms with E-state index in [1.165, 1.54) is 0 Å². The highest BCUT2D eigenvalue weighted by Crippen LogP contribution is 2.00. The third kappa shape index (κ3) is 6.11. The highest BCUT2D eigenvalue weighted by atomic mass is 16.5. The van der Waals surface area contributed by atoms with E-state index in [0.717, 1.165) is 11.5 Å². The standard InChI is InChI=1S/C12H22N2O4/c1-9-4-11(14-18-9)5-13-6-12(15)8-17-10(2)7-16-3/h4,10,12-13,15H,5-8H2,1-3H3. The van der Waals surface area contributed by atoms with Crippen molar-refractivity contribution in [3.05, 3.63) is 17.5 Å². The third-order valence-electron chi connectivity index (χ3n) is 2.34. The van der Waals surface area contributed by atoms with Crippen LogP contribution < -0.4 is 5.32 Å². The molecule has 0 amide bonds. The van der Waals surface area contributed by atoms with Crippen molar-refractivity contribution >= 4 is 0 Å². The van der Waals surface area contributed by atoms with Crippen molar-refractivity contribution in [3.63, 3.8) is 0 Å². The molecule has 0 aromatic carbocycles. The molecule has 0 aliphatic rings. The van der Waals surface area contributed by atoms with Gasteiger partial charge in [0.25, 0.3) is 0 Å². The Balaban J connectivity index is 2.08. The first-order valence-electron chi connectivity index (χ1n) is 6.03. The normalized spacial score (nSPS) is 14.7. The second kappa shape index (κ2) is 8.20. The van der Waals surface area contributed by atoms with Crippen LogP contribution in [0, 0.1) is 6.92 Å². The Morgan fingerprint density at radius 1 is 1.50 bits per heavy atom. The minimum Gasteiger partial charge on any atom is -0.389 e. The topological polar surface area (TPSA) is 76.8 Å². The van der Waals surface area contributed by atoms with Crippen LogP contribution in [0.5, 0.6) is 0 Å². The second-order valence-electron chi connectivity index (χ2n) is 4.31. The van der Waals surface area contributed by atoms with Crippen LogP contribution in [0.15, 0.2) is 10.6 Å². The van der Waals surface area contributed by atoms with Crippen LogP contribution in [-0.4, -0.2) is 49.3 Å². The Hall–Kier alpha value is -0.950. The maximum atomic E-state index is 9.68. The SMILES string of the molecule is COCC(C)OCC(O)CNCc1cc(C)on1. The summed E-state index contributed by atoms with van der Waals surface area (Å²) in [6.45, 7) is 5.58. The van der Waals surface area contributed by atoms with Crippen LogP contribution in [0.3, 0.4) is 0 Å². The molecule has 2 atom stereocenters. The van der Waals surface area contributed by atoms with E-state index in [0.29, 0.717) is 19.7 Å². The number of aromatic nitrogens is 1. The van der Waals surface area contributed by atoms with Crippen LogP contribution in [0.25, 0.3) is 0 Å². The molecular weight excluding hydrogens is 236 g/mol. The summed E-state index contributed by atoms with van der Waals surface area (Å²) in [4.78, 5) is 0. The molecule has 0 saturated carbocycles. The fourth-order valence-electron chi connectivity index (χ4n) is 1.49. The Bertz CT molecular complexity index is 330. The Morgan fingerprint density at radius 2 is 2.28 bits per heavy atom. The van der Waals surface area contributed by atoms with E-state index in [9.17, 15) is 5.11 Å². The molecule has 6 nitrogen and oxygen atoms in total. The van der Waals surface area contributed by atoms with Crippen molar-refractivity contribution in [2.24, 2.45) is 0 Å². The van der Waals surface area contributed by atoms with E-state index in [2.05, 4.69) is 10.5 Å². The van der Waals surface area contributed by atoms with Gasteiger partial charge in [0, 0.05) is 26.3 Å². The quantitative estimate of drug-likeness (QED) is 0.671. The maximum absolute atomic E-state index is 9.68. The molecule has 104 valence electrons. The number of hydrogen-bond donors (Lipinski definition) is 2. The van der Waals surface area contributed by atoms with E-state index in [1.807, 2.05) is 19.9 Å². The van der Waals surface area contributed by atoms with Crippen molar-refractivity contribution in [1.29, 1.82) is 0 Å². The summed E-state index contributed by atoms with van der Waals surface area (Å²) < 4.78 is 15.3. The van der Waals surface area contributed by atoms with Gasteiger partial charge in [-0.25, -0.2) is 0 Å². The number of methoxy groups -OCH3 is 1. The largest absolute Gasteiger partial charge is 0.389 e. The molecule has 0 aliphatic carbocycles. The second-order valence-corrected chi connectivity index (χ2v) is 4.31. The van der Waals surface area contributed by atoms with Gasteiger partial charge >= 0.3 is 0 Å². The molecule has 0 fully saturated rings. The summed E-state index contributed by atoms with van der Waals surface area (Å²) >= 11 is 0. The predicted molar refractivity (Wildman–Crippen MR) is 66.2 cm³/mol. The van der Waals surface area contributed by atoms with Gasteiger partial charge in [-0.3, -0.25) is 0 Å². The van der Waals surface area contributed by atoms with Crippen LogP contribution >= 0.6 is 0 Å². The molecule has 1 aromatic heterocycles. The van der Waals surface area contributed by atoms with Crippen LogP contribution in [0.1, 0.15) is 18.4 Å². The van der Waals surface area contributed by atoms with Crippen molar-refractivity contribution in [2.45, 2.75) is 32.6 Å². The van der Waals surface area contributed by atoms with E-state index in [1.54, 1.807) is 7.11 Å². The average Bonchev–Trinajstić information content (AvgIpc) is 2.73. The van der Waals surface area contributed by atoms with Crippen molar-refractivity contribution in [3.8, 4) is 0 Å². The third-order valence-corrected chi connectivity index (χ3v) is 2.34. The zero-order valence-corrected chi connectivity index (χ0v) is 11.2. The molecule has 2 N–H and O–H groups in total. The lowest BCUT2D eigenvalue weighted by atomic mass is 10.3. The molecule has 1 rings (SSSR count). The molecule has 2 unspecified atom stereocenters. The Morgan fingerprint density at radius 3 is 2.89 bits per heavy atom. The van der Waals surface area contributed by atoms with Gasteiger partial charge in [0.2, 0.25) is 0 Å². The van der Waals surface area contributed by atoms with Gasteiger partial charge in [-0.2, -0.15) is 0 Å². The van der Waals surface area contributed by atoms with Crippen molar-refractivity contribution < 1.29 is 19.1 Å². The van der Waals surface area contributed by atoms with Gasteiger partial charge in [-0.1, -0.05) is 5.16 Å². The van der Waals surface area contributed by atoms with Gasteiger partial charge < -0.3 is 24.4 Å². The zero-order valence-electron chi connectivity index (χ0n) is 11.2. The number of aliphatic hydroxyl groups is 1. The first-order chi connectivity index (χ1) is 8.61.